The Balaban J connectivity index is 2.44. The summed E-state index contributed by atoms with van der Waals surface area (Å²) in [4.78, 5) is 6.42. The van der Waals surface area contributed by atoms with E-state index in [2.05, 4.69) is 27.6 Å². The fourth-order valence-corrected chi connectivity index (χ4v) is 2.76. The third kappa shape index (κ3) is 7.99. The van der Waals surface area contributed by atoms with E-state index in [1.54, 1.807) is 32.0 Å². The maximum absolute atomic E-state index is 13.4. The van der Waals surface area contributed by atoms with E-state index in [0.717, 1.165) is 49.1 Å². The predicted molar refractivity (Wildman–Crippen MR) is 101 cm³/mol. The zero-order valence-electron chi connectivity index (χ0n) is 15.1. The van der Waals surface area contributed by atoms with Crippen LogP contribution in [0, 0.1) is 5.82 Å². The largest absolute Gasteiger partial charge is 0.383 e. The molecule has 0 saturated heterocycles. The number of nitrogens with zero attached hydrogens (tertiary/aromatic N) is 2. The molecular formula is C17H29FN4OS. The van der Waals surface area contributed by atoms with E-state index >= 15 is 0 Å². The van der Waals surface area contributed by atoms with Crippen molar-refractivity contribution in [2.45, 2.75) is 12.3 Å². The summed E-state index contributed by atoms with van der Waals surface area (Å²) in [6, 6.07) is 4.94. The summed E-state index contributed by atoms with van der Waals surface area (Å²) in [6.07, 6.45) is 2.02. The Labute approximate surface area is 149 Å². The number of ether oxygens (including phenoxy) is 1. The third-order valence-corrected chi connectivity index (χ3v) is 4.20. The standard InChI is InChI=1S/C17H29FN4OS/c1-19-17(20-7-8-22(2)9-10-23-3)21-12-14-5-6-16(18)11-15(14)13-24-4/h5-6,11H,7-10,12-13H2,1-4H3,(H2,19,20,21). The Morgan fingerprint density at radius 3 is 2.75 bits per heavy atom. The van der Waals surface area contributed by atoms with Crippen molar-refractivity contribution >= 4 is 17.7 Å². The van der Waals surface area contributed by atoms with Gasteiger partial charge in [0.15, 0.2) is 5.96 Å². The topological polar surface area (TPSA) is 48.9 Å². The highest BCUT2D eigenvalue weighted by Gasteiger charge is 2.06. The van der Waals surface area contributed by atoms with Gasteiger partial charge in [-0.3, -0.25) is 4.99 Å². The van der Waals surface area contributed by atoms with Gasteiger partial charge in [0.05, 0.1) is 6.61 Å². The number of halogens is 1. The molecule has 0 aliphatic carbocycles. The van der Waals surface area contributed by atoms with Gasteiger partial charge in [0.1, 0.15) is 5.82 Å². The minimum Gasteiger partial charge on any atom is -0.383 e. The highest BCUT2D eigenvalue weighted by molar-refractivity contribution is 7.97. The Bertz CT molecular complexity index is 513. The highest BCUT2D eigenvalue weighted by atomic mass is 32.2. The molecule has 0 aliphatic rings. The first-order valence-electron chi connectivity index (χ1n) is 7.99. The SMILES string of the molecule is CN=C(NCCN(C)CCOC)NCc1ccc(F)cc1CSC. The van der Waals surface area contributed by atoms with Crippen LogP contribution in [0.5, 0.6) is 0 Å². The normalized spacial score (nSPS) is 11.8. The van der Waals surface area contributed by atoms with Gasteiger partial charge in [0, 0.05) is 46.1 Å². The zero-order valence-corrected chi connectivity index (χ0v) is 15.9. The van der Waals surface area contributed by atoms with Crippen LogP contribution >= 0.6 is 11.8 Å². The number of guanidine groups is 1. The first-order valence-corrected chi connectivity index (χ1v) is 9.38. The Morgan fingerprint density at radius 1 is 1.29 bits per heavy atom. The molecule has 1 rings (SSSR count). The molecule has 7 heteroatoms. The van der Waals surface area contributed by atoms with Crippen molar-refractivity contribution < 1.29 is 9.13 Å². The van der Waals surface area contributed by atoms with E-state index in [-0.39, 0.29) is 5.82 Å². The van der Waals surface area contributed by atoms with Crippen LogP contribution in [0.1, 0.15) is 11.1 Å². The Hall–Kier alpha value is -1.31. The molecule has 0 amide bonds. The molecule has 2 N–H and O–H groups in total. The highest BCUT2D eigenvalue weighted by Crippen LogP contribution is 2.16. The average molecular weight is 357 g/mol. The maximum atomic E-state index is 13.4. The summed E-state index contributed by atoms with van der Waals surface area (Å²) >= 11 is 1.69. The van der Waals surface area contributed by atoms with Crippen LogP contribution in [-0.2, 0) is 17.0 Å². The number of nitrogens with one attached hydrogen (secondary N) is 2. The minimum absolute atomic E-state index is 0.190. The molecule has 0 heterocycles. The van der Waals surface area contributed by atoms with Crippen LogP contribution in [-0.4, -0.2) is 64.6 Å². The number of benzene rings is 1. The van der Waals surface area contributed by atoms with E-state index in [1.807, 2.05) is 12.3 Å². The van der Waals surface area contributed by atoms with Crippen molar-refractivity contribution in [3.8, 4) is 0 Å². The number of hydrogen-bond donors (Lipinski definition) is 2. The summed E-state index contributed by atoms with van der Waals surface area (Å²) in [5, 5.41) is 6.57. The number of hydrogen-bond acceptors (Lipinski definition) is 4. The summed E-state index contributed by atoms with van der Waals surface area (Å²) in [5.74, 6) is 1.35. The molecule has 136 valence electrons. The molecule has 0 spiro atoms. The number of methoxy groups -OCH3 is 1. The molecule has 0 fully saturated rings. The lowest BCUT2D eigenvalue weighted by Crippen LogP contribution is -2.41. The fraction of sp³-hybridized carbons (Fsp3) is 0.588. The minimum atomic E-state index is -0.190. The van der Waals surface area contributed by atoms with E-state index in [0.29, 0.717) is 6.54 Å². The molecule has 0 aliphatic heterocycles. The summed E-state index contributed by atoms with van der Waals surface area (Å²) in [5.41, 5.74) is 2.11. The van der Waals surface area contributed by atoms with Crippen molar-refractivity contribution in [3.05, 3.63) is 35.1 Å². The van der Waals surface area contributed by atoms with Crippen LogP contribution in [0.2, 0.25) is 0 Å². The second-order valence-corrected chi connectivity index (χ2v) is 6.36. The zero-order chi connectivity index (χ0) is 17.8. The first-order chi connectivity index (χ1) is 11.6. The van der Waals surface area contributed by atoms with E-state index in [9.17, 15) is 4.39 Å². The van der Waals surface area contributed by atoms with Crippen molar-refractivity contribution in [2.75, 3.05) is 53.7 Å². The lowest BCUT2D eigenvalue weighted by molar-refractivity contribution is 0.162. The molecule has 0 bridgehead atoms. The second kappa shape index (κ2) is 12.1. The molecule has 0 unspecified atom stereocenters. The predicted octanol–water partition coefficient (Wildman–Crippen LogP) is 1.93. The fourth-order valence-electron chi connectivity index (χ4n) is 2.18. The van der Waals surface area contributed by atoms with Crippen LogP contribution in [0.15, 0.2) is 23.2 Å². The van der Waals surface area contributed by atoms with Crippen LogP contribution < -0.4 is 10.6 Å². The molecule has 1 aromatic carbocycles. The number of thioether (sulfide) groups is 1. The van der Waals surface area contributed by atoms with Gasteiger partial charge < -0.3 is 20.3 Å². The van der Waals surface area contributed by atoms with Crippen molar-refractivity contribution in [3.63, 3.8) is 0 Å². The Kier molecular flexibility index (Phi) is 10.5. The van der Waals surface area contributed by atoms with Gasteiger partial charge in [0.25, 0.3) is 0 Å². The molecule has 5 nitrogen and oxygen atoms in total. The third-order valence-electron chi connectivity index (χ3n) is 3.60. The summed E-state index contributed by atoms with van der Waals surface area (Å²) < 4.78 is 18.4. The van der Waals surface area contributed by atoms with Crippen LogP contribution in [0.3, 0.4) is 0 Å². The van der Waals surface area contributed by atoms with Crippen LogP contribution in [0.25, 0.3) is 0 Å². The van der Waals surface area contributed by atoms with Gasteiger partial charge in [-0.05, 0) is 36.6 Å². The summed E-state index contributed by atoms with van der Waals surface area (Å²) in [6.45, 7) is 3.94. The van der Waals surface area contributed by atoms with Crippen LogP contribution in [0.4, 0.5) is 4.39 Å². The van der Waals surface area contributed by atoms with E-state index in [4.69, 9.17) is 4.74 Å². The number of rotatable bonds is 10. The molecule has 24 heavy (non-hydrogen) atoms. The smallest absolute Gasteiger partial charge is 0.191 e. The van der Waals surface area contributed by atoms with Crippen molar-refractivity contribution in [1.82, 2.24) is 15.5 Å². The van der Waals surface area contributed by atoms with Crippen molar-refractivity contribution in [2.24, 2.45) is 4.99 Å². The van der Waals surface area contributed by atoms with Gasteiger partial charge in [-0.25, -0.2) is 4.39 Å². The summed E-state index contributed by atoms with van der Waals surface area (Å²) in [7, 11) is 5.51. The first kappa shape index (κ1) is 20.7. The Morgan fingerprint density at radius 2 is 2.08 bits per heavy atom. The lowest BCUT2D eigenvalue weighted by Gasteiger charge is -2.18. The second-order valence-electron chi connectivity index (χ2n) is 5.49. The van der Waals surface area contributed by atoms with Gasteiger partial charge in [-0.2, -0.15) is 11.8 Å². The van der Waals surface area contributed by atoms with E-state index in [1.165, 1.54) is 6.07 Å². The van der Waals surface area contributed by atoms with E-state index < -0.39 is 0 Å². The van der Waals surface area contributed by atoms with Gasteiger partial charge in [0.2, 0.25) is 0 Å². The molecule has 0 radical (unpaired) electrons. The van der Waals surface area contributed by atoms with Crippen molar-refractivity contribution in [1.29, 1.82) is 0 Å². The lowest BCUT2D eigenvalue weighted by atomic mass is 10.1. The molecule has 1 aromatic rings. The number of likely N-dealkylation sites (N-methyl/N-ethyl adjacent to an activating group) is 1. The maximum Gasteiger partial charge on any atom is 0.191 e. The van der Waals surface area contributed by atoms with Gasteiger partial charge >= 0.3 is 0 Å². The average Bonchev–Trinajstić information content (AvgIpc) is 2.57. The monoisotopic (exact) mass is 356 g/mol. The van der Waals surface area contributed by atoms with Gasteiger partial charge in [-0.1, -0.05) is 6.07 Å². The molecule has 0 atom stereocenters. The van der Waals surface area contributed by atoms with Gasteiger partial charge in [-0.15, -0.1) is 0 Å². The molecule has 0 saturated carbocycles. The molecular weight excluding hydrogens is 327 g/mol. The molecule has 0 aromatic heterocycles. The quantitative estimate of drug-likeness (QED) is 0.496. The number of aliphatic imine (C=N–C) groups is 1.